The van der Waals surface area contributed by atoms with Gasteiger partial charge in [0.2, 0.25) is 0 Å². The van der Waals surface area contributed by atoms with E-state index < -0.39 is 9.84 Å². The highest BCUT2D eigenvalue weighted by atomic mass is 32.2. The van der Waals surface area contributed by atoms with Crippen molar-refractivity contribution < 1.29 is 13.2 Å². The van der Waals surface area contributed by atoms with Gasteiger partial charge in [-0.1, -0.05) is 12.1 Å². The zero-order chi connectivity index (χ0) is 22.3. The Balaban J connectivity index is 1.48. The van der Waals surface area contributed by atoms with Crippen LogP contribution in [0.3, 0.4) is 0 Å². The van der Waals surface area contributed by atoms with Gasteiger partial charge in [-0.3, -0.25) is 4.99 Å². The van der Waals surface area contributed by atoms with Crippen molar-refractivity contribution in [1.82, 2.24) is 20.4 Å². The van der Waals surface area contributed by atoms with Gasteiger partial charge in [0.25, 0.3) is 0 Å². The fraction of sp³-hybridized carbons (Fsp3) is 0.273. The molecule has 2 aromatic carbocycles. The molecule has 8 nitrogen and oxygen atoms in total. The molecule has 1 aromatic heterocycles. The summed E-state index contributed by atoms with van der Waals surface area (Å²) in [5, 5.41) is 11.1. The standard InChI is InChI=1S/C22H27N5O3S/c1-23-22(24-14-12-17-4-10-21(11-5-17)31(3,28)29)25-16-18-13-15-27(26-18)19-6-8-20(30-2)9-7-19/h4-11,13,15H,12,14,16H2,1-3H3,(H2,23,24,25). The van der Waals surface area contributed by atoms with Gasteiger partial charge in [0.05, 0.1) is 29.9 Å². The minimum atomic E-state index is -3.17. The Labute approximate surface area is 182 Å². The molecule has 0 aliphatic rings. The van der Waals surface area contributed by atoms with E-state index in [0.29, 0.717) is 23.9 Å². The molecule has 0 aliphatic heterocycles. The lowest BCUT2D eigenvalue weighted by Crippen LogP contribution is -2.38. The first-order chi connectivity index (χ1) is 14.9. The highest BCUT2D eigenvalue weighted by Gasteiger charge is 2.07. The molecule has 1 heterocycles. The Morgan fingerprint density at radius 3 is 2.39 bits per heavy atom. The van der Waals surface area contributed by atoms with Crippen molar-refractivity contribution in [2.45, 2.75) is 17.9 Å². The van der Waals surface area contributed by atoms with Gasteiger partial charge in [-0.05, 0) is 54.4 Å². The van der Waals surface area contributed by atoms with Crippen LogP contribution >= 0.6 is 0 Å². The first-order valence-corrected chi connectivity index (χ1v) is 11.7. The van der Waals surface area contributed by atoms with Gasteiger partial charge in [0.1, 0.15) is 5.75 Å². The molecular weight excluding hydrogens is 414 g/mol. The molecule has 31 heavy (non-hydrogen) atoms. The maximum Gasteiger partial charge on any atom is 0.191 e. The Kier molecular flexibility index (Phi) is 7.30. The Bertz CT molecular complexity index is 1120. The molecule has 0 saturated heterocycles. The van der Waals surface area contributed by atoms with Crippen LogP contribution in [0.2, 0.25) is 0 Å². The Morgan fingerprint density at radius 1 is 1.06 bits per heavy atom. The molecule has 0 spiro atoms. The number of sulfone groups is 1. The molecule has 164 valence electrons. The van der Waals surface area contributed by atoms with Crippen LogP contribution in [0.1, 0.15) is 11.3 Å². The summed E-state index contributed by atoms with van der Waals surface area (Å²) in [6.07, 6.45) is 3.87. The second-order valence-electron chi connectivity index (χ2n) is 6.97. The van der Waals surface area contributed by atoms with Crippen LogP contribution in [0, 0.1) is 0 Å². The average molecular weight is 442 g/mol. The highest BCUT2D eigenvalue weighted by molar-refractivity contribution is 7.90. The lowest BCUT2D eigenvalue weighted by atomic mass is 10.1. The molecule has 0 radical (unpaired) electrons. The van der Waals surface area contributed by atoms with Gasteiger partial charge in [-0.2, -0.15) is 5.10 Å². The third-order valence-electron chi connectivity index (χ3n) is 4.70. The largest absolute Gasteiger partial charge is 0.497 e. The minimum Gasteiger partial charge on any atom is -0.497 e. The third-order valence-corrected chi connectivity index (χ3v) is 5.83. The predicted octanol–water partition coefficient (Wildman–Crippen LogP) is 2.19. The van der Waals surface area contributed by atoms with Crippen molar-refractivity contribution in [3.8, 4) is 11.4 Å². The minimum absolute atomic E-state index is 0.329. The van der Waals surface area contributed by atoms with Crippen molar-refractivity contribution in [3.05, 3.63) is 72.1 Å². The molecular formula is C22H27N5O3S. The first-order valence-electron chi connectivity index (χ1n) is 9.81. The van der Waals surface area contributed by atoms with E-state index in [1.807, 2.05) is 53.3 Å². The second-order valence-corrected chi connectivity index (χ2v) is 8.98. The first kappa shape index (κ1) is 22.4. The fourth-order valence-electron chi connectivity index (χ4n) is 2.96. The van der Waals surface area contributed by atoms with E-state index in [1.165, 1.54) is 6.26 Å². The molecule has 3 aromatic rings. The van der Waals surface area contributed by atoms with Crippen LogP contribution in [-0.2, 0) is 22.8 Å². The van der Waals surface area contributed by atoms with E-state index in [9.17, 15) is 8.42 Å². The van der Waals surface area contributed by atoms with Gasteiger partial charge in [-0.25, -0.2) is 13.1 Å². The van der Waals surface area contributed by atoms with Gasteiger partial charge in [-0.15, -0.1) is 0 Å². The number of methoxy groups -OCH3 is 1. The van der Waals surface area contributed by atoms with Gasteiger partial charge in [0, 0.05) is 26.0 Å². The summed E-state index contributed by atoms with van der Waals surface area (Å²) in [5.74, 6) is 1.48. The van der Waals surface area contributed by atoms with E-state index in [-0.39, 0.29) is 0 Å². The Morgan fingerprint density at radius 2 is 1.77 bits per heavy atom. The molecule has 0 unspecified atom stereocenters. The average Bonchev–Trinajstić information content (AvgIpc) is 3.25. The maximum absolute atomic E-state index is 11.5. The summed E-state index contributed by atoms with van der Waals surface area (Å²) in [4.78, 5) is 4.56. The van der Waals surface area contributed by atoms with Crippen LogP contribution in [0.25, 0.3) is 5.69 Å². The van der Waals surface area contributed by atoms with E-state index >= 15 is 0 Å². The van der Waals surface area contributed by atoms with Gasteiger partial charge in [0.15, 0.2) is 15.8 Å². The van der Waals surface area contributed by atoms with Crippen molar-refractivity contribution in [1.29, 1.82) is 0 Å². The molecule has 9 heteroatoms. The third kappa shape index (κ3) is 6.32. The van der Waals surface area contributed by atoms with Gasteiger partial charge < -0.3 is 15.4 Å². The number of aliphatic imine (C=N–C) groups is 1. The van der Waals surface area contributed by atoms with E-state index in [2.05, 4.69) is 20.7 Å². The normalized spacial score (nSPS) is 11.9. The van der Waals surface area contributed by atoms with Crippen LogP contribution in [-0.4, -0.2) is 51.1 Å². The predicted molar refractivity (Wildman–Crippen MR) is 122 cm³/mol. The van der Waals surface area contributed by atoms with E-state index in [1.54, 1.807) is 26.3 Å². The molecule has 0 saturated carbocycles. The van der Waals surface area contributed by atoms with E-state index in [0.717, 1.165) is 29.1 Å². The number of nitrogens with zero attached hydrogens (tertiary/aromatic N) is 3. The summed E-state index contributed by atoms with van der Waals surface area (Å²) in [5.41, 5.74) is 2.89. The molecule has 0 amide bonds. The lowest BCUT2D eigenvalue weighted by molar-refractivity contribution is 0.414. The number of hydrogen-bond acceptors (Lipinski definition) is 5. The Hall–Kier alpha value is -3.33. The van der Waals surface area contributed by atoms with Gasteiger partial charge >= 0.3 is 0 Å². The summed E-state index contributed by atoms with van der Waals surface area (Å²) >= 11 is 0. The maximum atomic E-state index is 11.5. The van der Waals surface area contributed by atoms with Crippen LogP contribution in [0.5, 0.6) is 5.75 Å². The number of nitrogens with one attached hydrogen (secondary N) is 2. The molecule has 0 aliphatic carbocycles. The highest BCUT2D eigenvalue weighted by Crippen LogP contribution is 2.14. The number of rotatable bonds is 8. The number of hydrogen-bond donors (Lipinski definition) is 2. The monoisotopic (exact) mass is 441 g/mol. The summed E-state index contributed by atoms with van der Waals surface area (Å²) in [7, 11) is 0.187. The van der Waals surface area contributed by atoms with Crippen molar-refractivity contribution in [2.75, 3.05) is 27.0 Å². The number of benzene rings is 2. The topological polar surface area (TPSA) is 97.6 Å². The quantitative estimate of drug-likeness (QED) is 0.411. The van der Waals surface area contributed by atoms with Crippen LogP contribution in [0.4, 0.5) is 0 Å². The van der Waals surface area contributed by atoms with E-state index in [4.69, 9.17) is 4.74 Å². The summed E-state index contributed by atoms with van der Waals surface area (Å²) < 4.78 is 30.1. The van der Waals surface area contributed by atoms with Crippen molar-refractivity contribution in [2.24, 2.45) is 4.99 Å². The zero-order valence-electron chi connectivity index (χ0n) is 17.9. The number of guanidine groups is 1. The fourth-order valence-corrected chi connectivity index (χ4v) is 3.59. The molecule has 3 rings (SSSR count). The summed E-state index contributed by atoms with van der Waals surface area (Å²) in [6.45, 7) is 1.20. The lowest BCUT2D eigenvalue weighted by Gasteiger charge is -2.11. The number of aromatic nitrogens is 2. The molecule has 2 N–H and O–H groups in total. The van der Waals surface area contributed by atoms with Crippen LogP contribution < -0.4 is 15.4 Å². The second kappa shape index (κ2) is 10.1. The molecule has 0 bridgehead atoms. The van der Waals surface area contributed by atoms with Crippen LogP contribution in [0.15, 0.2) is 70.7 Å². The summed E-state index contributed by atoms with van der Waals surface area (Å²) in [6, 6.07) is 16.6. The SMILES string of the molecule is CN=C(NCCc1ccc(S(C)(=O)=O)cc1)NCc1ccn(-c2ccc(OC)cc2)n1. The number of ether oxygens (including phenoxy) is 1. The molecule has 0 atom stereocenters. The zero-order valence-corrected chi connectivity index (χ0v) is 18.7. The van der Waals surface area contributed by atoms with Crippen molar-refractivity contribution in [3.63, 3.8) is 0 Å². The molecule has 0 fully saturated rings. The van der Waals surface area contributed by atoms with Crippen molar-refractivity contribution >= 4 is 15.8 Å². The smallest absolute Gasteiger partial charge is 0.191 e.